The van der Waals surface area contributed by atoms with E-state index in [9.17, 15) is 14.0 Å². The molecule has 4 rings (SSSR count). The number of piperidine rings is 1. The molecule has 3 atom stereocenters. The van der Waals surface area contributed by atoms with Gasteiger partial charge in [-0.25, -0.2) is 9.18 Å². The van der Waals surface area contributed by atoms with Gasteiger partial charge in [0.15, 0.2) is 0 Å². The SMILES string of the molecule is CCNC(=O)N1CCC[C@@]2(CO[C@@H](F)C(=O)N2)[C@@H]1COC1CCC(c2ccccc2)CC1. The van der Waals surface area contributed by atoms with E-state index in [1.807, 2.05) is 13.0 Å². The third kappa shape index (κ3) is 4.91. The number of carbonyl (C=O) groups is 2. The van der Waals surface area contributed by atoms with E-state index in [2.05, 4.69) is 34.9 Å². The monoisotopic (exact) mass is 447 g/mol. The third-order valence-electron chi connectivity index (χ3n) is 7.13. The largest absolute Gasteiger partial charge is 0.376 e. The highest BCUT2D eigenvalue weighted by Crippen LogP contribution is 2.36. The summed E-state index contributed by atoms with van der Waals surface area (Å²) in [7, 11) is 0. The average molecular weight is 448 g/mol. The van der Waals surface area contributed by atoms with Crippen molar-refractivity contribution < 1.29 is 23.5 Å². The summed E-state index contributed by atoms with van der Waals surface area (Å²) >= 11 is 0. The number of nitrogens with zero attached hydrogens (tertiary/aromatic N) is 1. The Bertz CT molecular complexity index is 787. The van der Waals surface area contributed by atoms with Crippen LogP contribution in [-0.2, 0) is 14.3 Å². The van der Waals surface area contributed by atoms with Crippen molar-refractivity contribution in [3.05, 3.63) is 35.9 Å². The average Bonchev–Trinajstić information content (AvgIpc) is 2.82. The Kier molecular flexibility index (Phi) is 7.30. The van der Waals surface area contributed by atoms with E-state index in [0.717, 1.165) is 25.7 Å². The Morgan fingerprint density at radius 2 is 2.03 bits per heavy atom. The van der Waals surface area contributed by atoms with Crippen LogP contribution in [0, 0.1) is 0 Å². The Balaban J connectivity index is 1.42. The van der Waals surface area contributed by atoms with Gasteiger partial charge < -0.3 is 25.0 Å². The predicted octanol–water partition coefficient (Wildman–Crippen LogP) is 3.10. The molecule has 0 radical (unpaired) electrons. The smallest absolute Gasteiger partial charge is 0.317 e. The highest BCUT2D eigenvalue weighted by atomic mass is 19.1. The van der Waals surface area contributed by atoms with Gasteiger partial charge in [-0.2, -0.15) is 0 Å². The fourth-order valence-electron chi connectivity index (χ4n) is 5.40. The van der Waals surface area contributed by atoms with E-state index in [0.29, 0.717) is 38.5 Å². The minimum Gasteiger partial charge on any atom is -0.376 e. The van der Waals surface area contributed by atoms with Crippen molar-refractivity contribution in [3.63, 3.8) is 0 Å². The quantitative estimate of drug-likeness (QED) is 0.727. The Morgan fingerprint density at radius 1 is 1.28 bits per heavy atom. The summed E-state index contributed by atoms with van der Waals surface area (Å²) in [5.74, 6) is -0.223. The summed E-state index contributed by atoms with van der Waals surface area (Å²) in [4.78, 5) is 26.6. The van der Waals surface area contributed by atoms with Crippen LogP contribution in [0.5, 0.6) is 0 Å². The van der Waals surface area contributed by atoms with Crippen molar-refractivity contribution in [1.29, 1.82) is 0 Å². The molecule has 3 fully saturated rings. The van der Waals surface area contributed by atoms with Crippen molar-refractivity contribution in [2.75, 3.05) is 26.3 Å². The maximum atomic E-state index is 13.7. The lowest BCUT2D eigenvalue weighted by Crippen LogP contribution is -2.73. The first-order chi connectivity index (χ1) is 15.5. The molecule has 0 bridgehead atoms. The second kappa shape index (κ2) is 10.2. The van der Waals surface area contributed by atoms with Crippen molar-refractivity contribution in [3.8, 4) is 0 Å². The zero-order valence-corrected chi connectivity index (χ0v) is 18.7. The van der Waals surface area contributed by atoms with Gasteiger partial charge in [-0.1, -0.05) is 30.3 Å². The second-order valence-corrected chi connectivity index (χ2v) is 9.14. The summed E-state index contributed by atoms with van der Waals surface area (Å²) in [6.07, 6.45) is 3.51. The molecule has 2 aliphatic heterocycles. The van der Waals surface area contributed by atoms with E-state index in [1.54, 1.807) is 4.90 Å². The highest BCUT2D eigenvalue weighted by Gasteiger charge is 2.51. The van der Waals surface area contributed by atoms with Gasteiger partial charge in [-0.15, -0.1) is 0 Å². The first kappa shape index (κ1) is 23.0. The third-order valence-corrected chi connectivity index (χ3v) is 7.13. The molecule has 32 heavy (non-hydrogen) atoms. The lowest BCUT2D eigenvalue weighted by molar-refractivity contribution is -0.172. The molecule has 3 amide bonds. The molecule has 2 heterocycles. The number of ether oxygens (including phenoxy) is 2. The van der Waals surface area contributed by atoms with Gasteiger partial charge in [0.05, 0.1) is 30.9 Å². The number of hydrogen-bond donors (Lipinski definition) is 2. The van der Waals surface area contributed by atoms with Crippen LogP contribution in [0.25, 0.3) is 0 Å². The van der Waals surface area contributed by atoms with Crippen LogP contribution in [0.1, 0.15) is 56.9 Å². The lowest BCUT2D eigenvalue weighted by atomic mass is 9.80. The zero-order chi connectivity index (χ0) is 22.6. The van der Waals surface area contributed by atoms with Gasteiger partial charge >= 0.3 is 6.03 Å². The van der Waals surface area contributed by atoms with Crippen molar-refractivity contribution >= 4 is 11.9 Å². The van der Waals surface area contributed by atoms with Crippen molar-refractivity contribution in [1.82, 2.24) is 15.5 Å². The zero-order valence-electron chi connectivity index (χ0n) is 18.7. The van der Waals surface area contributed by atoms with Crippen molar-refractivity contribution in [2.45, 2.75) is 75.4 Å². The molecular weight excluding hydrogens is 413 g/mol. The number of nitrogens with one attached hydrogen (secondary N) is 2. The first-order valence-corrected chi connectivity index (χ1v) is 11.8. The molecule has 2 N–H and O–H groups in total. The van der Waals surface area contributed by atoms with E-state index in [-0.39, 0.29) is 18.7 Å². The van der Waals surface area contributed by atoms with Crippen LogP contribution in [-0.4, -0.2) is 67.2 Å². The van der Waals surface area contributed by atoms with E-state index >= 15 is 0 Å². The minimum absolute atomic E-state index is 0.0323. The molecule has 1 saturated carbocycles. The highest BCUT2D eigenvalue weighted by molar-refractivity contribution is 5.81. The molecule has 2 saturated heterocycles. The van der Waals surface area contributed by atoms with Gasteiger partial charge in [0.1, 0.15) is 0 Å². The second-order valence-electron chi connectivity index (χ2n) is 9.14. The van der Waals surface area contributed by atoms with Crippen molar-refractivity contribution in [2.24, 2.45) is 0 Å². The van der Waals surface area contributed by atoms with Crippen LogP contribution >= 0.6 is 0 Å². The number of morpholine rings is 1. The van der Waals surface area contributed by atoms with Crippen LogP contribution in [0.2, 0.25) is 0 Å². The number of rotatable bonds is 5. The molecule has 1 aromatic carbocycles. The summed E-state index contributed by atoms with van der Waals surface area (Å²) in [6.45, 7) is 3.27. The molecule has 7 nitrogen and oxygen atoms in total. The molecule has 176 valence electrons. The maximum Gasteiger partial charge on any atom is 0.317 e. The van der Waals surface area contributed by atoms with Crippen LogP contribution in [0.15, 0.2) is 30.3 Å². The molecular formula is C24H34FN3O4. The molecule has 1 spiro atoms. The molecule has 1 aromatic rings. The van der Waals surface area contributed by atoms with Gasteiger partial charge in [0.2, 0.25) is 0 Å². The van der Waals surface area contributed by atoms with E-state index in [1.165, 1.54) is 5.56 Å². The molecule has 8 heteroatoms. The number of likely N-dealkylation sites (tertiary alicyclic amines) is 1. The number of benzene rings is 1. The number of halogens is 1. The molecule has 0 aromatic heterocycles. The lowest BCUT2D eigenvalue weighted by Gasteiger charge is -2.51. The topological polar surface area (TPSA) is 79.9 Å². The normalized spacial score (nSPS) is 33.1. The number of alkyl halides is 1. The Morgan fingerprint density at radius 3 is 2.72 bits per heavy atom. The van der Waals surface area contributed by atoms with E-state index in [4.69, 9.17) is 9.47 Å². The fourth-order valence-corrected chi connectivity index (χ4v) is 5.40. The number of urea groups is 1. The standard InChI is InChI=1S/C24H34FN3O4/c1-2-26-23(30)28-14-6-13-24(16-32-21(25)22(29)27-24)20(28)15-31-19-11-9-18(10-12-19)17-7-4-3-5-8-17/h3-5,7-8,18-21H,2,6,9-16H2,1H3,(H,26,30)(H,27,29)/t18?,19?,20-,21+,24+/m0/s1. The number of hydrogen-bond acceptors (Lipinski definition) is 4. The van der Waals surface area contributed by atoms with Gasteiger partial charge in [-0.05, 0) is 56.9 Å². The molecule has 1 aliphatic carbocycles. The maximum absolute atomic E-state index is 13.7. The van der Waals surface area contributed by atoms with Gasteiger partial charge in [-0.3, -0.25) is 4.79 Å². The minimum atomic E-state index is -1.96. The van der Waals surface area contributed by atoms with Crippen LogP contribution in [0.3, 0.4) is 0 Å². The summed E-state index contributed by atoms with van der Waals surface area (Å²) in [6, 6.07) is 9.98. The fraction of sp³-hybridized carbons (Fsp3) is 0.667. The number of carbonyl (C=O) groups excluding carboxylic acids is 2. The van der Waals surface area contributed by atoms with E-state index < -0.39 is 23.8 Å². The number of amides is 3. The predicted molar refractivity (Wildman–Crippen MR) is 118 cm³/mol. The molecule has 0 unspecified atom stereocenters. The van der Waals surface area contributed by atoms with Crippen LogP contribution in [0.4, 0.5) is 9.18 Å². The van der Waals surface area contributed by atoms with Gasteiger partial charge in [0, 0.05) is 13.1 Å². The Hall–Kier alpha value is -2.19. The summed E-state index contributed by atoms with van der Waals surface area (Å²) in [5.41, 5.74) is 0.548. The van der Waals surface area contributed by atoms with Crippen LogP contribution < -0.4 is 10.6 Å². The first-order valence-electron chi connectivity index (χ1n) is 11.8. The van der Waals surface area contributed by atoms with Gasteiger partial charge in [0.25, 0.3) is 12.3 Å². The Labute approximate surface area is 189 Å². The molecule has 3 aliphatic rings. The summed E-state index contributed by atoms with van der Waals surface area (Å²) in [5, 5.41) is 5.69. The summed E-state index contributed by atoms with van der Waals surface area (Å²) < 4.78 is 25.2.